The Labute approximate surface area is 115 Å². The number of aliphatic hydroxyl groups excluding tert-OH is 1. The Morgan fingerprint density at radius 1 is 1.26 bits per heavy atom. The van der Waals surface area contributed by atoms with Gasteiger partial charge in [-0.25, -0.2) is 0 Å². The predicted octanol–water partition coefficient (Wildman–Crippen LogP) is -0.179. The third kappa shape index (κ3) is 6.33. The highest BCUT2D eigenvalue weighted by molar-refractivity contribution is 7.86. The molecule has 0 rings (SSSR count). The Balaban J connectivity index is 4.63. The molecule has 0 aliphatic rings. The third-order valence-corrected chi connectivity index (χ3v) is 4.68. The monoisotopic (exact) mass is 296 g/mol. The number of hydrogen-bond acceptors (Lipinski definition) is 5. The van der Waals surface area contributed by atoms with Crippen molar-refractivity contribution in [2.45, 2.75) is 26.2 Å². The SMILES string of the molecule is CCCCN(CCO)S(=O)(=O)N(C)CCC(=O)OC. The average molecular weight is 296 g/mol. The summed E-state index contributed by atoms with van der Waals surface area (Å²) in [5.41, 5.74) is 0. The van der Waals surface area contributed by atoms with Crippen molar-refractivity contribution < 1.29 is 23.1 Å². The minimum absolute atomic E-state index is 0.00692. The number of aliphatic hydroxyl groups is 1. The first kappa shape index (κ1) is 18.3. The van der Waals surface area contributed by atoms with Crippen LogP contribution in [0.3, 0.4) is 0 Å². The van der Waals surface area contributed by atoms with Crippen LogP contribution >= 0.6 is 0 Å². The van der Waals surface area contributed by atoms with Crippen LogP contribution in [0.25, 0.3) is 0 Å². The molecule has 0 bridgehead atoms. The van der Waals surface area contributed by atoms with Crippen molar-refractivity contribution >= 4 is 16.2 Å². The van der Waals surface area contributed by atoms with Crippen molar-refractivity contribution in [1.82, 2.24) is 8.61 Å². The first-order valence-electron chi connectivity index (χ1n) is 6.29. The molecule has 114 valence electrons. The summed E-state index contributed by atoms with van der Waals surface area (Å²) < 4.78 is 31.2. The number of ether oxygens (including phenoxy) is 1. The summed E-state index contributed by atoms with van der Waals surface area (Å²) in [6.45, 7) is 2.22. The molecule has 0 aliphatic carbocycles. The van der Waals surface area contributed by atoms with E-state index in [4.69, 9.17) is 5.11 Å². The van der Waals surface area contributed by atoms with Crippen molar-refractivity contribution in [3.63, 3.8) is 0 Å². The molecule has 0 aliphatic heterocycles. The van der Waals surface area contributed by atoms with Crippen molar-refractivity contribution in [3.05, 3.63) is 0 Å². The number of unbranched alkanes of at least 4 members (excludes halogenated alkanes) is 1. The fourth-order valence-corrected chi connectivity index (χ4v) is 2.84. The number of esters is 1. The molecule has 0 aromatic carbocycles. The van der Waals surface area contributed by atoms with E-state index in [1.807, 2.05) is 6.92 Å². The van der Waals surface area contributed by atoms with Gasteiger partial charge in [-0.2, -0.15) is 17.0 Å². The molecule has 0 heterocycles. The van der Waals surface area contributed by atoms with Gasteiger partial charge in [0.05, 0.1) is 20.1 Å². The highest BCUT2D eigenvalue weighted by atomic mass is 32.2. The van der Waals surface area contributed by atoms with Gasteiger partial charge in [0.2, 0.25) is 0 Å². The summed E-state index contributed by atoms with van der Waals surface area (Å²) >= 11 is 0. The third-order valence-electron chi connectivity index (χ3n) is 2.69. The van der Waals surface area contributed by atoms with Gasteiger partial charge in [0.25, 0.3) is 10.2 Å². The summed E-state index contributed by atoms with van der Waals surface area (Å²) in [7, 11) is -0.969. The number of carbonyl (C=O) groups excluding carboxylic acids is 1. The molecule has 0 fully saturated rings. The second kappa shape index (κ2) is 9.24. The lowest BCUT2D eigenvalue weighted by molar-refractivity contribution is -0.140. The summed E-state index contributed by atoms with van der Waals surface area (Å²) in [6.07, 6.45) is 1.60. The molecule has 0 saturated heterocycles. The number of rotatable bonds is 10. The summed E-state index contributed by atoms with van der Waals surface area (Å²) in [5, 5.41) is 8.94. The van der Waals surface area contributed by atoms with E-state index in [1.165, 1.54) is 18.5 Å². The Hall–Kier alpha value is -0.700. The molecular formula is C11H24N2O5S. The molecule has 1 N–H and O–H groups in total. The van der Waals surface area contributed by atoms with Gasteiger partial charge in [-0.05, 0) is 6.42 Å². The van der Waals surface area contributed by atoms with Crippen LogP contribution in [0.2, 0.25) is 0 Å². The van der Waals surface area contributed by atoms with Gasteiger partial charge >= 0.3 is 5.97 Å². The molecule has 8 heteroatoms. The van der Waals surface area contributed by atoms with E-state index >= 15 is 0 Å². The van der Waals surface area contributed by atoms with Crippen molar-refractivity contribution in [1.29, 1.82) is 0 Å². The van der Waals surface area contributed by atoms with Gasteiger partial charge in [-0.3, -0.25) is 4.79 Å². The maximum Gasteiger partial charge on any atom is 0.306 e. The van der Waals surface area contributed by atoms with E-state index in [9.17, 15) is 13.2 Å². The molecule has 0 radical (unpaired) electrons. The molecule has 0 aromatic rings. The van der Waals surface area contributed by atoms with Crippen LogP contribution in [0.15, 0.2) is 0 Å². The van der Waals surface area contributed by atoms with E-state index in [2.05, 4.69) is 4.74 Å². The highest BCUT2D eigenvalue weighted by Crippen LogP contribution is 2.08. The molecule has 0 atom stereocenters. The second-order valence-corrected chi connectivity index (χ2v) is 6.17. The van der Waals surface area contributed by atoms with Crippen LogP contribution in [-0.2, 0) is 19.7 Å². The van der Waals surface area contributed by atoms with Crippen molar-refractivity contribution in [3.8, 4) is 0 Å². The van der Waals surface area contributed by atoms with Crippen molar-refractivity contribution in [2.24, 2.45) is 0 Å². The van der Waals surface area contributed by atoms with Crippen LogP contribution in [0.4, 0.5) is 0 Å². The standard InChI is InChI=1S/C11H24N2O5S/c1-4-5-7-13(9-10-14)19(16,17)12(2)8-6-11(15)18-3/h14H,4-10H2,1-3H3. The second-order valence-electron chi connectivity index (χ2n) is 4.13. The van der Waals surface area contributed by atoms with Crippen LogP contribution in [0.5, 0.6) is 0 Å². The Bertz CT molecular complexity index is 358. The van der Waals surface area contributed by atoms with Gasteiger partial charge in [0, 0.05) is 26.7 Å². The van der Waals surface area contributed by atoms with Crippen LogP contribution in [0, 0.1) is 0 Å². The van der Waals surface area contributed by atoms with Gasteiger partial charge < -0.3 is 9.84 Å². The lowest BCUT2D eigenvalue weighted by atomic mass is 10.3. The van der Waals surface area contributed by atoms with E-state index in [0.29, 0.717) is 6.54 Å². The minimum Gasteiger partial charge on any atom is -0.469 e. The molecule has 0 unspecified atom stereocenters. The number of methoxy groups -OCH3 is 1. The average Bonchev–Trinajstić information content (AvgIpc) is 2.39. The highest BCUT2D eigenvalue weighted by Gasteiger charge is 2.26. The van der Waals surface area contributed by atoms with Gasteiger partial charge in [0.15, 0.2) is 0 Å². The lowest BCUT2D eigenvalue weighted by Gasteiger charge is -2.26. The minimum atomic E-state index is -3.64. The zero-order valence-corrected chi connectivity index (χ0v) is 12.6. The zero-order valence-electron chi connectivity index (χ0n) is 11.8. The number of carbonyl (C=O) groups is 1. The lowest BCUT2D eigenvalue weighted by Crippen LogP contribution is -2.44. The smallest absolute Gasteiger partial charge is 0.306 e. The maximum atomic E-state index is 12.2. The Morgan fingerprint density at radius 2 is 1.89 bits per heavy atom. The fraction of sp³-hybridized carbons (Fsp3) is 0.909. The largest absolute Gasteiger partial charge is 0.469 e. The van der Waals surface area contributed by atoms with E-state index in [1.54, 1.807) is 0 Å². The van der Waals surface area contributed by atoms with Crippen LogP contribution < -0.4 is 0 Å². The topological polar surface area (TPSA) is 87.2 Å². The van der Waals surface area contributed by atoms with Crippen molar-refractivity contribution in [2.75, 3.05) is 40.4 Å². The van der Waals surface area contributed by atoms with Crippen LogP contribution in [0.1, 0.15) is 26.2 Å². The first-order valence-corrected chi connectivity index (χ1v) is 7.68. The van der Waals surface area contributed by atoms with Gasteiger partial charge in [-0.15, -0.1) is 0 Å². The van der Waals surface area contributed by atoms with E-state index in [-0.39, 0.29) is 26.1 Å². The maximum absolute atomic E-state index is 12.2. The zero-order chi connectivity index (χ0) is 14.9. The first-order chi connectivity index (χ1) is 8.89. The fourth-order valence-electron chi connectivity index (χ4n) is 1.45. The summed E-state index contributed by atoms with van der Waals surface area (Å²) in [4.78, 5) is 11.0. The molecule has 7 nitrogen and oxygen atoms in total. The Morgan fingerprint density at radius 3 is 2.37 bits per heavy atom. The van der Waals surface area contributed by atoms with Gasteiger partial charge in [0.1, 0.15) is 0 Å². The van der Waals surface area contributed by atoms with Gasteiger partial charge in [-0.1, -0.05) is 13.3 Å². The summed E-state index contributed by atoms with van der Waals surface area (Å²) in [5.74, 6) is -0.454. The molecular weight excluding hydrogens is 272 g/mol. The molecule has 0 spiro atoms. The molecule has 0 aromatic heterocycles. The normalized spacial score (nSPS) is 12.1. The van der Waals surface area contributed by atoms with Crippen LogP contribution in [-0.4, -0.2) is 68.5 Å². The molecule has 19 heavy (non-hydrogen) atoms. The Kier molecular flexibility index (Phi) is 8.90. The number of nitrogens with zero attached hydrogens (tertiary/aromatic N) is 2. The van der Waals surface area contributed by atoms with E-state index < -0.39 is 16.2 Å². The van der Waals surface area contributed by atoms with E-state index in [0.717, 1.165) is 17.1 Å². The molecule has 0 amide bonds. The number of hydrogen-bond donors (Lipinski definition) is 1. The quantitative estimate of drug-likeness (QED) is 0.565. The predicted molar refractivity (Wildman–Crippen MR) is 71.7 cm³/mol. The molecule has 0 saturated carbocycles. The summed E-state index contributed by atoms with van der Waals surface area (Å²) in [6, 6.07) is 0.